The van der Waals surface area contributed by atoms with E-state index in [4.69, 9.17) is 14.0 Å². The largest absolute Gasteiger partial charge is 0.451 e. The normalized spacial score (nSPS) is 11.6. The number of benzene rings is 1. The lowest BCUT2D eigenvalue weighted by atomic mass is 9.92. The second-order valence-corrected chi connectivity index (χ2v) is 8.46. The summed E-state index contributed by atoms with van der Waals surface area (Å²) in [5, 5.41) is 6.72. The van der Waals surface area contributed by atoms with Crippen LogP contribution in [-0.4, -0.2) is 30.7 Å². The van der Waals surface area contributed by atoms with Crippen LogP contribution < -0.4 is 5.32 Å². The summed E-state index contributed by atoms with van der Waals surface area (Å²) in [6.07, 6.45) is 0. The van der Waals surface area contributed by atoms with Crippen LogP contribution >= 0.6 is 11.3 Å². The zero-order valence-corrected chi connectivity index (χ0v) is 17.3. The van der Waals surface area contributed by atoms with E-state index in [0.717, 1.165) is 11.3 Å². The first kappa shape index (κ1) is 20.9. The molecule has 29 heavy (non-hydrogen) atoms. The van der Waals surface area contributed by atoms with E-state index in [1.807, 2.05) is 20.8 Å². The average molecular weight is 420 g/mol. The number of carbonyl (C=O) groups is 2. The summed E-state index contributed by atoms with van der Waals surface area (Å²) >= 11 is 1.09. The molecule has 2 heterocycles. The average Bonchev–Trinajstić information content (AvgIpc) is 3.26. The third kappa shape index (κ3) is 4.63. The van der Waals surface area contributed by atoms with Crippen LogP contribution in [0.1, 0.15) is 41.7 Å². The maximum absolute atomic E-state index is 14.2. The number of carbonyl (C=O) groups excluding carboxylic acids is 2. The molecule has 3 rings (SSSR count). The third-order valence-electron chi connectivity index (χ3n) is 4.11. The quantitative estimate of drug-likeness (QED) is 0.599. The molecular formula is C20H21FN2O5S. The highest BCUT2D eigenvalue weighted by molar-refractivity contribution is 7.21. The number of methoxy groups -OCH3 is 1. The van der Waals surface area contributed by atoms with E-state index >= 15 is 0 Å². The van der Waals surface area contributed by atoms with Crippen molar-refractivity contribution in [2.24, 2.45) is 0 Å². The number of ether oxygens (including phenoxy) is 2. The standard InChI is InChI=1S/C20H21FN2O5S/c1-20(2,3)14-8-16(28-23-14)22-15(24)10-27-19(25)18-11(9-26-4)17-12(21)6-5-7-13(17)29-18/h5-8H,9-10H2,1-4H3,(H,22,24). The third-order valence-corrected chi connectivity index (χ3v) is 5.29. The molecule has 0 aliphatic carbocycles. The minimum Gasteiger partial charge on any atom is -0.451 e. The van der Waals surface area contributed by atoms with E-state index in [2.05, 4.69) is 10.5 Å². The van der Waals surface area contributed by atoms with Gasteiger partial charge in [-0.15, -0.1) is 11.3 Å². The van der Waals surface area contributed by atoms with E-state index in [-0.39, 0.29) is 22.8 Å². The molecule has 2 aromatic heterocycles. The summed E-state index contributed by atoms with van der Waals surface area (Å²) in [6.45, 7) is 5.41. The van der Waals surface area contributed by atoms with E-state index < -0.39 is 24.3 Å². The van der Waals surface area contributed by atoms with Gasteiger partial charge >= 0.3 is 5.97 Å². The number of nitrogens with zero attached hydrogens (tertiary/aromatic N) is 1. The lowest BCUT2D eigenvalue weighted by molar-refractivity contribution is -0.119. The Balaban J connectivity index is 1.69. The van der Waals surface area contributed by atoms with E-state index in [1.54, 1.807) is 18.2 Å². The second-order valence-electron chi connectivity index (χ2n) is 7.41. The van der Waals surface area contributed by atoms with E-state index in [0.29, 0.717) is 21.3 Å². The molecule has 0 saturated carbocycles. The molecule has 0 bridgehead atoms. The Bertz CT molecular complexity index is 1050. The van der Waals surface area contributed by atoms with Crippen molar-refractivity contribution >= 4 is 39.2 Å². The lowest BCUT2D eigenvalue weighted by Crippen LogP contribution is -2.20. The van der Waals surface area contributed by atoms with Gasteiger partial charge in [0.15, 0.2) is 6.61 Å². The molecule has 0 aliphatic rings. The van der Waals surface area contributed by atoms with Crippen molar-refractivity contribution in [1.29, 1.82) is 0 Å². The molecule has 0 fully saturated rings. The molecule has 154 valence electrons. The van der Waals surface area contributed by atoms with Gasteiger partial charge in [-0.1, -0.05) is 32.0 Å². The minimum atomic E-state index is -0.722. The summed E-state index contributed by atoms with van der Waals surface area (Å²) in [5.74, 6) is -1.57. The van der Waals surface area contributed by atoms with Gasteiger partial charge in [0.1, 0.15) is 10.7 Å². The first-order valence-corrected chi connectivity index (χ1v) is 9.65. The number of halogens is 1. The monoisotopic (exact) mass is 420 g/mol. The predicted molar refractivity (Wildman–Crippen MR) is 107 cm³/mol. The van der Waals surface area contributed by atoms with Gasteiger partial charge in [0, 0.05) is 34.2 Å². The number of anilines is 1. The van der Waals surface area contributed by atoms with Crippen molar-refractivity contribution < 1.29 is 28.0 Å². The Morgan fingerprint density at radius 3 is 2.72 bits per heavy atom. The van der Waals surface area contributed by atoms with Gasteiger partial charge in [-0.2, -0.15) is 0 Å². The summed E-state index contributed by atoms with van der Waals surface area (Å²) in [6, 6.07) is 6.21. The van der Waals surface area contributed by atoms with Crippen LogP contribution in [0.4, 0.5) is 10.3 Å². The highest BCUT2D eigenvalue weighted by Gasteiger charge is 2.23. The van der Waals surface area contributed by atoms with Gasteiger partial charge in [-0.25, -0.2) is 9.18 Å². The Morgan fingerprint density at radius 2 is 2.07 bits per heavy atom. The van der Waals surface area contributed by atoms with Gasteiger partial charge in [-0.3, -0.25) is 10.1 Å². The summed E-state index contributed by atoms with van der Waals surface area (Å²) in [4.78, 5) is 24.8. The predicted octanol–water partition coefficient (Wildman–Crippen LogP) is 4.27. The van der Waals surface area contributed by atoms with E-state index in [9.17, 15) is 14.0 Å². The number of amides is 1. The summed E-state index contributed by atoms with van der Waals surface area (Å²) in [5.41, 5.74) is 0.857. The molecule has 0 saturated heterocycles. The smallest absolute Gasteiger partial charge is 0.349 e. The van der Waals surface area contributed by atoms with Crippen LogP contribution in [0.3, 0.4) is 0 Å². The second kappa shape index (κ2) is 8.30. The first-order chi connectivity index (χ1) is 13.7. The van der Waals surface area contributed by atoms with Gasteiger partial charge in [0.2, 0.25) is 5.88 Å². The Labute approximate surface area is 170 Å². The summed E-state index contributed by atoms with van der Waals surface area (Å²) in [7, 11) is 1.45. The number of rotatable bonds is 6. The molecule has 0 unspecified atom stereocenters. The zero-order valence-electron chi connectivity index (χ0n) is 16.5. The fraction of sp³-hybridized carbons (Fsp3) is 0.350. The molecule has 3 aromatic rings. The first-order valence-electron chi connectivity index (χ1n) is 8.83. The van der Waals surface area contributed by atoms with Crippen molar-refractivity contribution in [2.75, 3.05) is 19.0 Å². The minimum absolute atomic E-state index is 0.0468. The summed E-state index contributed by atoms with van der Waals surface area (Å²) < 4.78 is 30.1. The van der Waals surface area contributed by atoms with Gasteiger partial charge < -0.3 is 14.0 Å². The molecule has 7 nitrogen and oxygen atoms in total. The number of aromatic nitrogens is 1. The molecule has 0 radical (unpaired) electrons. The SMILES string of the molecule is COCc1c(C(=O)OCC(=O)Nc2cc(C(C)(C)C)no2)sc2cccc(F)c12. The molecule has 1 N–H and O–H groups in total. The molecule has 0 spiro atoms. The van der Waals surface area contributed by atoms with Gasteiger partial charge in [0.05, 0.1) is 12.3 Å². The van der Waals surface area contributed by atoms with Crippen LogP contribution in [0.2, 0.25) is 0 Å². The lowest BCUT2D eigenvalue weighted by Gasteiger charge is -2.12. The van der Waals surface area contributed by atoms with E-state index in [1.165, 1.54) is 13.2 Å². The molecule has 1 aromatic carbocycles. The van der Waals surface area contributed by atoms with Crippen molar-refractivity contribution in [1.82, 2.24) is 5.16 Å². The van der Waals surface area contributed by atoms with Crippen LogP contribution in [0.25, 0.3) is 10.1 Å². The van der Waals surface area contributed by atoms with Crippen LogP contribution in [0, 0.1) is 5.82 Å². The number of nitrogens with one attached hydrogen (secondary N) is 1. The fourth-order valence-corrected chi connectivity index (χ4v) is 3.79. The number of hydrogen-bond acceptors (Lipinski definition) is 7. The van der Waals surface area contributed by atoms with Crippen molar-refractivity contribution in [2.45, 2.75) is 32.8 Å². The molecule has 0 aliphatic heterocycles. The molecule has 1 amide bonds. The fourth-order valence-electron chi connectivity index (χ4n) is 2.67. The number of hydrogen-bond donors (Lipinski definition) is 1. The van der Waals surface area contributed by atoms with Crippen LogP contribution in [0.5, 0.6) is 0 Å². The van der Waals surface area contributed by atoms with Gasteiger partial charge in [0.25, 0.3) is 5.91 Å². The number of fused-ring (bicyclic) bond motifs is 1. The van der Waals surface area contributed by atoms with Crippen molar-refractivity contribution in [3.63, 3.8) is 0 Å². The maximum Gasteiger partial charge on any atom is 0.349 e. The number of thiophene rings is 1. The Morgan fingerprint density at radius 1 is 1.31 bits per heavy atom. The highest BCUT2D eigenvalue weighted by Crippen LogP contribution is 2.34. The molecule has 9 heteroatoms. The molecule has 0 atom stereocenters. The molecular weight excluding hydrogens is 399 g/mol. The van der Waals surface area contributed by atoms with Gasteiger partial charge in [-0.05, 0) is 12.1 Å². The Kier molecular flexibility index (Phi) is 5.99. The maximum atomic E-state index is 14.2. The van der Waals surface area contributed by atoms with Crippen LogP contribution in [0.15, 0.2) is 28.8 Å². The van der Waals surface area contributed by atoms with Crippen molar-refractivity contribution in [3.8, 4) is 0 Å². The Hall–Kier alpha value is -2.78. The topological polar surface area (TPSA) is 90.7 Å². The zero-order chi connectivity index (χ0) is 21.2. The highest BCUT2D eigenvalue weighted by atomic mass is 32.1. The number of esters is 1. The van der Waals surface area contributed by atoms with Crippen LogP contribution in [-0.2, 0) is 26.3 Å². The van der Waals surface area contributed by atoms with Crippen molar-refractivity contribution in [3.05, 3.63) is 46.2 Å².